The largest absolute Gasteiger partial charge is 0.486 e. The minimum absolute atomic E-state index is 0.371. The highest BCUT2D eigenvalue weighted by molar-refractivity contribution is 5.44. The molecule has 3 nitrogen and oxygen atoms in total. The highest BCUT2D eigenvalue weighted by Crippen LogP contribution is 2.34. The maximum atomic E-state index is 5.62. The lowest BCUT2D eigenvalue weighted by molar-refractivity contribution is 0.171. The summed E-state index contributed by atoms with van der Waals surface area (Å²) >= 11 is 0. The fraction of sp³-hybridized carbons (Fsp3) is 0.571. The molecule has 0 amide bonds. The van der Waals surface area contributed by atoms with Crippen LogP contribution in [0, 0.1) is 5.92 Å². The second kappa shape index (κ2) is 5.41. The number of ether oxygens (including phenoxy) is 2. The SMILES string of the molecule is CCC(C)C(NC)c1ccc2c(c1)OCCO2. The van der Waals surface area contributed by atoms with Crippen molar-refractivity contribution in [3.63, 3.8) is 0 Å². The first-order valence-electron chi connectivity index (χ1n) is 6.33. The van der Waals surface area contributed by atoms with E-state index in [-0.39, 0.29) is 0 Å². The van der Waals surface area contributed by atoms with Gasteiger partial charge in [-0.25, -0.2) is 0 Å². The van der Waals surface area contributed by atoms with Crippen molar-refractivity contribution in [2.45, 2.75) is 26.3 Å². The molecule has 2 atom stereocenters. The Balaban J connectivity index is 2.25. The fourth-order valence-electron chi connectivity index (χ4n) is 2.27. The summed E-state index contributed by atoms with van der Waals surface area (Å²) in [4.78, 5) is 0. The van der Waals surface area contributed by atoms with E-state index >= 15 is 0 Å². The molecular formula is C14H21NO2. The number of hydrogen-bond donors (Lipinski definition) is 1. The third kappa shape index (κ3) is 2.55. The first-order valence-corrected chi connectivity index (χ1v) is 6.33. The van der Waals surface area contributed by atoms with Crippen molar-refractivity contribution in [3.05, 3.63) is 23.8 Å². The van der Waals surface area contributed by atoms with Gasteiger partial charge in [-0.3, -0.25) is 0 Å². The number of hydrogen-bond acceptors (Lipinski definition) is 3. The van der Waals surface area contributed by atoms with E-state index in [1.54, 1.807) is 0 Å². The molecule has 1 aromatic carbocycles. The zero-order valence-electron chi connectivity index (χ0n) is 10.8. The zero-order valence-corrected chi connectivity index (χ0v) is 10.8. The predicted molar refractivity (Wildman–Crippen MR) is 68.7 cm³/mol. The molecule has 1 aromatic rings. The van der Waals surface area contributed by atoms with Gasteiger partial charge in [0.2, 0.25) is 0 Å². The summed E-state index contributed by atoms with van der Waals surface area (Å²) in [5.41, 5.74) is 1.27. The van der Waals surface area contributed by atoms with Crippen LogP contribution in [-0.2, 0) is 0 Å². The Morgan fingerprint density at radius 3 is 2.59 bits per heavy atom. The van der Waals surface area contributed by atoms with Gasteiger partial charge in [-0.2, -0.15) is 0 Å². The lowest BCUT2D eigenvalue weighted by Gasteiger charge is -2.25. The van der Waals surface area contributed by atoms with E-state index in [0.29, 0.717) is 25.2 Å². The second-order valence-corrected chi connectivity index (χ2v) is 4.55. The van der Waals surface area contributed by atoms with Crippen LogP contribution in [-0.4, -0.2) is 20.3 Å². The Bertz CT molecular complexity index is 378. The van der Waals surface area contributed by atoms with Crippen LogP contribution in [0.5, 0.6) is 11.5 Å². The molecule has 2 unspecified atom stereocenters. The summed E-state index contributed by atoms with van der Waals surface area (Å²) in [7, 11) is 2.01. The van der Waals surface area contributed by atoms with Crippen LogP contribution in [0.25, 0.3) is 0 Å². The molecule has 3 heteroatoms. The number of rotatable bonds is 4. The molecule has 0 aromatic heterocycles. The highest BCUT2D eigenvalue weighted by Gasteiger charge is 2.19. The van der Waals surface area contributed by atoms with Crippen LogP contribution in [0.4, 0.5) is 0 Å². The topological polar surface area (TPSA) is 30.5 Å². The third-order valence-electron chi connectivity index (χ3n) is 3.45. The van der Waals surface area contributed by atoms with E-state index in [1.165, 1.54) is 5.56 Å². The van der Waals surface area contributed by atoms with E-state index in [9.17, 15) is 0 Å². The summed E-state index contributed by atoms with van der Waals surface area (Å²) in [5, 5.41) is 3.38. The molecule has 17 heavy (non-hydrogen) atoms. The van der Waals surface area contributed by atoms with Crippen LogP contribution in [0.2, 0.25) is 0 Å². The molecule has 1 aliphatic rings. The van der Waals surface area contributed by atoms with Gasteiger partial charge in [0.05, 0.1) is 0 Å². The Morgan fingerprint density at radius 2 is 1.94 bits per heavy atom. The lowest BCUT2D eigenvalue weighted by Crippen LogP contribution is -2.23. The molecular weight excluding hydrogens is 214 g/mol. The van der Waals surface area contributed by atoms with Crippen molar-refractivity contribution in [3.8, 4) is 11.5 Å². The number of nitrogens with one attached hydrogen (secondary N) is 1. The summed E-state index contributed by atoms with van der Waals surface area (Å²) < 4.78 is 11.2. The third-order valence-corrected chi connectivity index (χ3v) is 3.45. The van der Waals surface area contributed by atoms with Gasteiger partial charge in [0.25, 0.3) is 0 Å². The van der Waals surface area contributed by atoms with Crippen molar-refractivity contribution in [1.82, 2.24) is 5.32 Å². The van der Waals surface area contributed by atoms with E-state index in [4.69, 9.17) is 9.47 Å². The van der Waals surface area contributed by atoms with Gasteiger partial charge in [0, 0.05) is 6.04 Å². The molecule has 0 saturated heterocycles. The monoisotopic (exact) mass is 235 g/mol. The van der Waals surface area contributed by atoms with Gasteiger partial charge in [-0.05, 0) is 30.7 Å². The average molecular weight is 235 g/mol. The predicted octanol–water partition coefficient (Wildman–Crippen LogP) is 2.76. The molecule has 0 spiro atoms. The van der Waals surface area contributed by atoms with Crippen molar-refractivity contribution in [2.24, 2.45) is 5.92 Å². The maximum absolute atomic E-state index is 5.62. The van der Waals surface area contributed by atoms with Gasteiger partial charge in [0.15, 0.2) is 11.5 Å². The smallest absolute Gasteiger partial charge is 0.161 e. The standard InChI is InChI=1S/C14H21NO2/c1-4-10(2)14(15-3)11-5-6-12-13(9-11)17-8-7-16-12/h5-6,9-10,14-15H,4,7-8H2,1-3H3. The Hall–Kier alpha value is -1.22. The van der Waals surface area contributed by atoms with Crippen LogP contribution in [0.1, 0.15) is 31.9 Å². The van der Waals surface area contributed by atoms with Crippen molar-refractivity contribution < 1.29 is 9.47 Å². The summed E-state index contributed by atoms with van der Waals surface area (Å²) in [5.74, 6) is 2.33. The van der Waals surface area contributed by atoms with Gasteiger partial charge >= 0.3 is 0 Å². The molecule has 1 aliphatic heterocycles. The van der Waals surface area contributed by atoms with E-state index in [0.717, 1.165) is 17.9 Å². The Labute approximate surface area is 103 Å². The van der Waals surface area contributed by atoms with E-state index < -0.39 is 0 Å². The molecule has 94 valence electrons. The van der Waals surface area contributed by atoms with Crippen molar-refractivity contribution in [2.75, 3.05) is 20.3 Å². The quantitative estimate of drug-likeness (QED) is 0.870. The van der Waals surface area contributed by atoms with Crippen LogP contribution in [0.3, 0.4) is 0 Å². The molecule has 0 radical (unpaired) electrons. The van der Waals surface area contributed by atoms with Crippen molar-refractivity contribution >= 4 is 0 Å². The Kier molecular flexibility index (Phi) is 3.89. The van der Waals surface area contributed by atoms with Gasteiger partial charge in [-0.1, -0.05) is 26.3 Å². The minimum Gasteiger partial charge on any atom is -0.486 e. The van der Waals surface area contributed by atoms with Crippen LogP contribution in [0.15, 0.2) is 18.2 Å². The average Bonchev–Trinajstić information content (AvgIpc) is 2.39. The summed E-state index contributed by atoms with van der Waals surface area (Å²) in [6.45, 7) is 5.77. The number of fused-ring (bicyclic) bond motifs is 1. The molecule has 0 aliphatic carbocycles. The molecule has 0 saturated carbocycles. The van der Waals surface area contributed by atoms with Crippen LogP contribution < -0.4 is 14.8 Å². The fourth-order valence-corrected chi connectivity index (χ4v) is 2.27. The number of benzene rings is 1. The summed E-state index contributed by atoms with van der Waals surface area (Å²) in [6, 6.07) is 6.61. The molecule has 0 fully saturated rings. The maximum Gasteiger partial charge on any atom is 0.161 e. The second-order valence-electron chi connectivity index (χ2n) is 4.55. The highest BCUT2D eigenvalue weighted by atomic mass is 16.6. The van der Waals surface area contributed by atoms with Gasteiger partial charge < -0.3 is 14.8 Å². The van der Waals surface area contributed by atoms with E-state index in [2.05, 4.69) is 31.3 Å². The zero-order chi connectivity index (χ0) is 12.3. The minimum atomic E-state index is 0.371. The van der Waals surface area contributed by atoms with Gasteiger partial charge in [0.1, 0.15) is 13.2 Å². The van der Waals surface area contributed by atoms with Gasteiger partial charge in [-0.15, -0.1) is 0 Å². The Morgan fingerprint density at radius 1 is 1.24 bits per heavy atom. The van der Waals surface area contributed by atoms with E-state index in [1.807, 2.05) is 13.1 Å². The molecule has 1 heterocycles. The first-order chi connectivity index (χ1) is 8.26. The van der Waals surface area contributed by atoms with Crippen molar-refractivity contribution in [1.29, 1.82) is 0 Å². The molecule has 1 N–H and O–H groups in total. The molecule has 0 bridgehead atoms. The normalized spacial score (nSPS) is 17.6. The first kappa shape index (κ1) is 12.2. The molecule has 2 rings (SSSR count). The summed E-state index contributed by atoms with van der Waals surface area (Å²) in [6.07, 6.45) is 1.15. The lowest BCUT2D eigenvalue weighted by atomic mass is 9.92. The van der Waals surface area contributed by atoms with Crippen LogP contribution >= 0.6 is 0 Å².